The van der Waals surface area contributed by atoms with Crippen molar-refractivity contribution in [3.63, 3.8) is 0 Å². The molecule has 0 saturated heterocycles. The largest absolute Gasteiger partial charge is 0.456 e. The van der Waals surface area contributed by atoms with E-state index in [0.717, 1.165) is 71.8 Å². The van der Waals surface area contributed by atoms with Crippen molar-refractivity contribution in [1.29, 1.82) is 0 Å². The molecular formula is C54H34N4O2. The highest BCUT2D eigenvalue weighted by atomic mass is 16.3. The first kappa shape index (κ1) is 33.2. The van der Waals surface area contributed by atoms with Gasteiger partial charge in [0.15, 0.2) is 17.5 Å². The number of benzene rings is 8. The lowest BCUT2D eigenvalue weighted by atomic mass is 9.82. The lowest BCUT2D eigenvalue weighted by Crippen LogP contribution is -2.15. The average Bonchev–Trinajstić information content (AvgIpc) is 4.01. The molecule has 8 aromatic carbocycles. The summed E-state index contributed by atoms with van der Waals surface area (Å²) in [4.78, 5) is 14.9. The Morgan fingerprint density at radius 3 is 1.65 bits per heavy atom. The quantitative estimate of drug-likeness (QED) is 0.178. The van der Waals surface area contributed by atoms with E-state index < -0.39 is 0 Å². The molecule has 282 valence electrons. The molecule has 0 fully saturated rings. The van der Waals surface area contributed by atoms with Gasteiger partial charge >= 0.3 is 0 Å². The van der Waals surface area contributed by atoms with Gasteiger partial charge in [-0.2, -0.15) is 0 Å². The lowest BCUT2D eigenvalue weighted by Gasteiger charge is -2.21. The van der Waals surface area contributed by atoms with E-state index >= 15 is 0 Å². The van der Waals surface area contributed by atoms with Crippen molar-refractivity contribution in [2.24, 2.45) is 0 Å². The second-order valence-electron chi connectivity index (χ2n) is 16.4. The maximum absolute atomic E-state index is 6.48. The van der Waals surface area contributed by atoms with Crippen molar-refractivity contribution in [3.05, 3.63) is 181 Å². The van der Waals surface area contributed by atoms with Crippen molar-refractivity contribution in [2.45, 2.75) is 19.3 Å². The van der Waals surface area contributed by atoms with Crippen LogP contribution in [0.25, 0.3) is 117 Å². The van der Waals surface area contributed by atoms with Gasteiger partial charge < -0.3 is 13.4 Å². The Bertz CT molecular complexity index is 3690. The van der Waals surface area contributed by atoms with Gasteiger partial charge in [0, 0.05) is 60.1 Å². The third-order valence-electron chi connectivity index (χ3n) is 12.6. The molecule has 1 aliphatic rings. The van der Waals surface area contributed by atoms with Crippen LogP contribution in [0.15, 0.2) is 179 Å². The molecule has 0 spiro atoms. The molecule has 0 bridgehead atoms. The highest BCUT2D eigenvalue weighted by Crippen LogP contribution is 2.53. The summed E-state index contributed by atoms with van der Waals surface area (Å²) in [5.41, 5.74) is 14.6. The molecule has 0 saturated carbocycles. The number of fused-ring (bicyclic) bond motifs is 12. The van der Waals surface area contributed by atoms with Crippen LogP contribution in [0.1, 0.15) is 25.0 Å². The van der Waals surface area contributed by atoms with Crippen LogP contribution in [-0.4, -0.2) is 19.5 Å². The number of hydrogen-bond acceptors (Lipinski definition) is 5. The first-order chi connectivity index (χ1) is 29.5. The van der Waals surface area contributed by atoms with Gasteiger partial charge in [-0.3, -0.25) is 0 Å². The molecule has 0 radical (unpaired) electrons. The fourth-order valence-electron chi connectivity index (χ4n) is 9.67. The third-order valence-corrected chi connectivity index (χ3v) is 12.6. The molecule has 0 N–H and O–H groups in total. The second-order valence-corrected chi connectivity index (χ2v) is 16.4. The Morgan fingerprint density at radius 2 is 0.917 bits per heavy atom. The van der Waals surface area contributed by atoms with Gasteiger partial charge in [0.2, 0.25) is 0 Å². The van der Waals surface area contributed by atoms with Gasteiger partial charge in [0.25, 0.3) is 0 Å². The van der Waals surface area contributed by atoms with E-state index in [9.17, 15) is 0 Å². The zero-order chi connectivity index (χ0) is 39.7. The molecule has 0 amide bonds. The molecule has 60 heavy (non-hydrogen) atoms. The van der Waals surface area contributed by atoms with Crippen LogP contribution in [-0.2, 0) is 5.41 Å². The summed E-state index contributed by atoms with van der Waals surface area (Å²) in [5.74, 6) is 1.87. The Kier molecular flexibility index (Phi) is 6.69. The van der Waals surface area contributed by atoms with Gasteiger partial charge in [-0.15, -0.1) is 0 Å². The topological polar surface area (TPSA) is 69.9 Å². The molecule has 6 heteroatoms. The molecule has 12 aromatic rings. The van der Waals surface area contributed by atoms with Gasteiger partial charge in [0.1, 0.15) is 22.3 Å². The van der Waals surface area contributed by atoms with E-state index in [4.69, 9.17) is 23.8 Å². The number of hydrogen-bond donors (Lipinski definition) is 0. The minimum absolute atomic E-state index is 0.232. The molecule has 0 atom stereocenters. The monoisotopic (exact) mass is 770 g/mol. The number of nitrogens with zero attached hydrogens (tertiary/aromatic N) is 4. The molecule has 0 aliphatic heterocycles. The van der Waals surface area contributed by atoms with Crippen molar-refractivity contribution in [3.8, 4) is 51.0 Å². The predicted molar refractivity (Wildman–Crippen MR) is 243 cm³/mol. The first-order valence-electron chi connectivity index (χ1n) is 20.3. The van der Waals surface area contributed by atoms with Crippen LogP contribution in [0.2, 0.25) is 0 Å². The standard InChI is InChI=1S/C54H34N4O2/c1-54(2)43-29-46-39(27-37(43)38-28-42-36-18-10-12-20-47(36)60-50(42)30-44(38)54)35-17-9-11-19-45(35)58(46)34-22-24-49-41(26-34)40-25-33(21-23-48(40)59-49)53-56-51(31-13-5-3-6-14-31)55-52(57-53)32-15-7-4-8-16-32/h3-30H,1-2H3. The van der Waals surface area contributed by atoms with E-state index in [1.54, 1.807) is 0 Å². The van der Waals surface area contributed by atoms with Gasteiger partial charge in [-0.25, -0.2) is 15.0 Å². The van der Waals surface area contributed by atoms with Crippen LogP contribution >= 0.6 is 0 Å². The first-order valence-corrected chi connectivity index (χ1v) is 20.3. The molecule has 4 heterocycles. The zero-order valence-electron chi connectivity index (χ0n) is 32.8. The molecular weight excluding hydrogens is 737 g/mol. The van der Waals surface area contributed by atoms with Crippen LogP contribution < -0.4 is 0 Å². The summed E-state index contributed by atoms with van der Waals surface area (Å²) >= 11 is 0. The normalized spacial score (nSPS) is 13.3. The number of furan rings is 2. The number of para-hydroxylation sites is 2. The molecule has 0 unspecified atom stereocenters. The Morgan fingerprint density at radius 1 is 0.383 bits per heavy atom. The number of aromatic nitrogens is 4. The fraction of sp³-hybridized carbons (Fsp3) is 0.0556. The predicted octanol–water partition coefficient (Wildman–Crippen LogP) is 14.1. The third kappa shape index (κ3) is 4.73. The fourth-order valence-corrected chi connectivity index (χ4v) is 9.67. The molecule has 6 nitrogen and oxygen atoms in total. The zero-order valence-corrected chi connectivity index (χ0v) is 32.8. The Balaban J connectivity index is 0.991. The van der Waals surface area contributed by atoms with Crippen molar-refractivity contribution >= 4 is 65.7 Å². The summed E-state index contributed by atoms with van der Waals surface area (Å²) < 4.78 is 15.3. The van der Waals surface area contributed by atoms with Crippen LogP contribution in [0.4, 0.5) is 0 Å². The van der Waals surface area contributed by atoms with Crippen molar-refractivity contribution < 1.29 is 8.83 Å². The minimum Gasteiger partial charge on any atom is -0.456 e. The maximum atomic E-state index is 6.48. The molecule has 13 rings (SSSR count). The summed E-state index contributed by atoms with van der Waals surface area (Å²) in [6.07, 6.45) is 0. The number of rotatable bonds is 4. The summed E-state index contributed by atoms with van der Waals surface area (Å²) in [6.45, 7) is 4.68. The Hall–Kier alpha value is -7.83. The highest BCUT2D eigenvalue weighted by molar-refractivity contribution is 6.14. The molecule has 4 aromatic heterocycles. The summed E-state index contributed by atoms with van der Waals surface area (Å²) in [6, 6.07) is 59.5. The van der Waals surface area contributed by atoms with E-state index in [-0.39, 0.29) is 5.41 Å². The second kappa shape index (κ2) is 12.1. The van der Waals surface area contributed by atoms with Crippen LogP contribution in [0.3, 0.4) is 0 Å². The summed E-state index contributed by atoms with van der Waals surface area (Å²) in [5, 5.41) is 6.78. The SMILES string of the molecule is CC1(C)c2cc3oc4ccccc4c3cc2-c2cc3c4ccccc4n(-c4ccc5oc6ccc(-c7nc(-c8ccccc8)nc(-c8ccccc8)n7)cc6c5c4)c3cc21. The van der Waals surface area contributed by atoms with E-state index in [1.165, 1.54) is 38.5 Å². The average molecular weight is 771 g/mol. The minimum atomic E-state index is -0.232. The summed E-state index contributed by atoms with van der Waals surface area (Å²) in [7, 11) is 0. The van der Waals surface area contributed by atoms with Gasteiger partial charge in [0.05, 0.1) is 11.0 Å². The maximum Gasteiger partial charge on any atom is 0.164 e. The molecule has 1 aliphatic carbocycles. The van der Waals surface area contributed by atoms with E-state index in [0.29, 0.717) is 17.5 Å². The van der Waals surface area contributed by atoms with Gasteiger partial charge in [-0.05, 0) is 95.1 Å². The van der Waals surface area contributed by atoms with Crippen LogP contribution in [0.5, 0.6) is 0 Å². The Labute approximate surface area is 344 Å². The van der Waals surface area contributed by atoms with E-state index in [1.807, 2.05) is 78.9 Å². The van der Waals surface area contributed by atoms with Crippen molar-refractivity contribution in [2.75, 3.05) is 0 Å². The highest BCUT2D eigenvalue weighted by Gasteiger charge is 2.37. The van der Waals surface area contributed by atoms with Crippen molar-refractivity contribution in [1.82, 2.24) is 19.5 Å². The smallest absolute Gasteiger partial charge is 0.164 e. The van der Waals surface area contributed by atoms with Crippen LogP contribution in [0, 0.1) is 0 Å². The lowest BCUT2D eigenvalue weighted by molar-refractivity contribution is 0.647. The van der Waals surface area contributed by atoms with Gasteiger partial charge in [-0.1, -0.05) is 111 Å². The van der Waals surface area contributed by atoms with E-state index in [2.05, 4.69) is 109 Å².